The van der Waals surface area contributed by atoms with Gasteiger partial charge in [-0.25, -0.2) is 18.5 Å². The second-order valence-corrected chi connectivity index (χ2v) is 6.98. The van der Waals surface area contributed by atoms with Crippen molar-refractivity contribution in [2.45, 2.75) is 4.90 Å². The summed E-state index contributed by atoms with van der Waals surface area (Å²) >= 11 is 0. The number of carbonyl (C=O) groups excluding carboxylic acids is 1. The van der Waals surface area contributed by atoms with Crippen molar-refractivity contribution in [1.29, 1.82) is 0 Å². The molecule has 8 nitrogen and oxygen atoms in total. The predicted octanol–water partition coefficient (Wildman–Crippen LogP) is 1.63. The van der Waals surface area contributed by atoms with E-state index in [1.54, 1.807) is 42.7 Å². The van der Waals surface area contributed by atoms with E-state index in [0.717, 1.165) is 0 Å². The number of primary sulfonamides is 1. The minimum Gasteiger partial charge on any atom is -0.383 e. The summed E-state index contributed by atoms with van der Waals surface area (Å²) in [6, 6.07) is 10.8. The van der Waals surface area contributed by atoms with Crippen molar-refractivity contribution in [2.24, 2.45) is 5.14 Å². The minimum absolute atomic E-state index is 0.000285. The molecule has 0 spiro atoms. The van der Waals surface area contributed by atoms with Crippen LogP contribution in [0.3, 0.4) is 0 Å². The summed E-state index contributed by atoms with van der Waals surface area (Å²) in [5.41, 5.74) is 7.88. The average molecular weight is 369 g/mol. The molecule has 0 radical (unpaired) electrons. The molecule has 0 unspecified atom stereocenters. The Bertz CT molecular complexity index is 1050. The van der Waals surface area contributed by atoms with E-state index in [4.69, 9.17) is 10.9 Å². The van der Waals surface area contributed by atoms with Crippen LogP contribution in [0.2, 0.25) is 0 Å². The lowest BCUT2D eigenvalue weighted by molar-refractivity contribution is 0.102. The fourth-order valence-corrected chi connectivity index (χ4v) is 2.80. The van der Waals surface area contributed by atoms with Crippen LogP contribution in [-0.4, -0.2) is 24.3 Å². The van der Waals surface area contributed by atoms with Gasteiger partial charge in [0.2, 0.25) is 10.0 Å². The topological polar surface area (TPSA) is 141 Å². The van der Waals surface area contributed by atoms with E-state index in [9.17, 15) is 13.2 Å². The second kappa shape index (κ2) is 6.90. The van der Waals surface area contributed by atoms with Crippen molar-refractivity contribution < 1.29 is 13.2 Å². The van der Waals surface area contributed by atoms with Crippen molar-refractivity contribution in [3.8, 4) is 11.1 Å². The molecule has 5 N–H and O–H groups in total. The summed E-state index contributed by atoms with van der Waals surface area (Å²) in [5, 5.41) is 7.80. The maximum absolute atomic E-state index is 12.5. The molecule has 0 atom stereocenters. The lowest BCUT2D eigenvalue weighted by atomic mass is 10.1. The molecule has 0 aliphatic heterocycles. The minimum atomic E-state index is -3.77. The number of sulfonamides is 1. The van der Waals surface area contributed by atoms with Crippen LogP contribution in [0.5, 0.6) is 0 Å². The molecule has 2 aromatic heterocycles. The molecule has 1 amide bonds. The normalized spacial score (nSPS) is 11.1. The van der Waals surface area contributed by atoms with E-state index in [0.29, 0.717) is 16.8 Å². The molecule has 9 heteroatoms. The van der Waals surface area contributed by atoms with Gasteiger partial charge in [0.05, 0.1) is 10.5 Å². The number of nitrogen functional groups attached to an aromatic ring is 1. The van der Waals surface area contributed by atoms with Crippen LogP contribution in [-0.2, 0) is 10.0 Å². The van der Waals surface area contributed by atoms with Crippen LogP contribution in [0.25, 0.3) is 11.1 Å². The van der Waals surface area contributed by atoms with Gasteiger partial charge < -0.3 is 11.1 Å². The molecule has 0 aliphatic carbocycles. The highest BCUT2D eigenvalue weighted by atomic mass is 32.2. The summed E-state index contributed by atoms with van der Waals surface area (Å²) in [5.74, 6) is -0.328. The number of nitrogens with two attached hydrogens (primary N) is 2. The first-order chi connectivity index (χ1) is 12.3. The fourth-order valence-electron chi connectivity index (χ4n) is 2.29. The van der Waals surface area contributed by atoms with Gasteiger partial charge in [-0.05, 0) is 35.9 Å². The van der Waals surface area contributed by atoms with E-state index in [1.165, 1.54) is 18.3 Å². The molecular formula is C17H15N5O3S. The molecular weight excluding hydrogens is 354 g/mol. The van der Waals surface area contributed by atoms with Crippen molar-refractivity contribution in [1.82, 2.24) is 9.97 Å². The number of aromatic nitrogens is 2. The Morgan fingerprint density at radius 1 is 1.00 bits per heavy atom. The first kappa shape index (κ1) is 17.5. The summed E-state index contributed by atoms with van der Waals surface area (Å²) in [4.78, 5) is 20.4. The van der Waals surface area contributed by atoms with Crippen LogP contribution in [0, 0.1) is 0 Å². The second-order valence-electron chi connectivity index (χ2n) is 5.42. The zero-order chi connectivity index (χ0) is 18.7. The van der Waals surface area contributed by atoms with Gasteiger partial charge in [-0.2, -0.15) is 0 Å². The number of nitrogens with zero attached hydrogens (tertiary/aromatic N) is 2. The largest absolute Gasteiger partial charge is 0.383 e. The molecule has 1 aromatic carbocycles. The van der Waals surface area contributed by atoms with E-state index in [-0.39, 0.29) is 16.3 Å². The van der Waals surface area contributed by atoms with Gasteiger partial charge in [-0.3, -0.25) is 9.78 Å². The van der Waals surface area contributed by atoms with Gasteiger partial charge >= 0.3 is 0 Å². The van der Waals surface area contributed by atoms with Crippen molar-refractivity contribution in [3.05, 3.63) is 66.6 Å². The third kappa shape index (κ3) is 3.85. The maximum atomic E-state index is 12.5. The van der Waals surface area contributed by atoms with E-state index < -0.39 is 15.9 Å². The van der Waals surface area contributed by atoms with Crippen molar-refractivity contribution in [3.63, 3.8) is 0 Å². The number of carbonyl (C=O) groups is 1. The third-order valence-corrected chi connectivity index (χ3v) is 4.55. The van der Waals surface area contributed by atoms with Gasteiger partial charge in [0.25, 0.3) is 5.91 Å². The Morgan fingerprint density at radius 2 is 1.65 bits per heavy atom. The Labute approximate surface area is 150 Å². The van der Waals surface area contributed by atoms with Gasteiger partial charge in [0.15, 0.2) is 0 Å². The highest BCUT2D eigenvalue weighted by Gasteiger charge is 2.14. The molecule has 132 valence electrons. The summed E-state index contributed by atoms with van der Waals surface area (Å²) < 4.78 is 22.7. The number of nitrogens with one attached hydrogen (secondary N) is 1. The maximum Gasteiger partial charge on any atom is 0.259 e. The molecule has 0 aliphatic rings. The smallest absolute Gasteiger partial charge is 0.259 e. The molecule has 26 heavy (non-hydrogen) atoms. The van der Waals surface area contributed by atoms with Crippen LogP contribution < -0.4 is 16.2 Å². The molecule has 3 rings (SSSR count). The molecule has 0 fully saturated rings. The molecule has 2 heterocycles. The number of hydrogen-bond donors (Lipinski definition) is 3. The first-order valence-electron chi connectivity index (χ1n) is 7.45. The zero-order valence-corrected chi connectivity index (χ0v) is 14.3. The van der Waals surface area contributed by atoms with Crippen LogP contribution in [0.15, 0.2) is 66.0 Å². The number of pyridine rings is 2. The average Bonchev–Trinajstić information content (AvgIpc) is 2.62. The van der Waals surface area contributed by atoms with Gasteiger partial charge in [-0.1, -0.05) is 12.1 Å². The monoisotopic (exact) mass is 369 g/mol. The summed E-state index contributed by atoms with van der Waals surface area (Å²) in [7, 11) is -3.77. The predicted molar refractivity (Wildman–Crippen MR) is 97.6 cm³/mol. The molecule has 0 bridgehead atoms. The van der Waals surface area contributed by atoms with Crippen molar-refractivity contribution in [2.75, 3.05) is 11.1 Å². The zero-order valence-electron chi connectivity index (χ0n) is 13.5. The summed E-state index contributed by atoms with van der Waals surface area (Å²) in [6.45, 7) is 0. The Morgan fingerprint density at radius 3 is 2.27 bits per heavy atom. The standard InChI is InChI=1S/C17H15N5O3S/c18-16-15(17(23)22-13-5-7-20-8-6-13)9-12(10-21-16)11-1-3-14(4-2-11)26(19,24)25/h1-10H,(H2,18,21)(H2,19,24,25)(H,20,22,23). The van der Waals surface area contributed by atoms with Gasteiger partial charge in [0.1, 0.15) is 5.82 Å². The molecule has 3 aromatic rings. The van der Waals surface area contributed by atoms with E-state index in [2.05, 4.69) is 15.3 Å². The number of amides is 1. The van der Waals surface area contributed by atoms with E-state index in [1.807, 2.05) is 0 Å². The van der Waals surface area contributed by atoms with Gasteiger partial charge in [-0.15, -0.1) is 0 Å². The quantitative estimate of drug-likeness (QED) is 0.638. The van der Waals surface area contributed by atoms with E-state index >= 15 is 0 Å². The molecule has 0 saturated heterocycles. The van der Waals surface area contributed by atoms with Crippen LogP contribution in [0.1, 0.15) is 10.4 Å². The van der Waals surface area contributed by atoms with Gasteiger partial charge in [0, 0.05) is 29.8 Å². The van der Waals surface area contributed by atoms with Crippen LogP contribution in [0.4, 0.5) is 11.5 Å². The lowest BCUT2D eigenvalue weighted by Crippen LogP contribution is -2.15. The van der Waals surface area contributed by atoms with Crippen molar-refractivity contribution >= 4 is 27.4 Å². The Balaban J connectivity index is 1.91. The number of anilines is 2. The molecule has 0 saturated carbocycles. The lowest BCUT2D eigenvalue weighted by Gasteiger charge is -2.09. The number of hydrogen-bond acceptors (Lipinski definition) is 6. The Kier molecular flexibility index (Phi) is 4.65. The fraction of sp³-hybridized carbons (Fsp3) is 0. The summed E-state index contributed by atoms with van der Waals surface area (Å²) in [6.07, 6.45) is 4.62. The number of rotatable bonds is 4. The van der Waals surface area contributed by atoms with Crippen LogP contribution >= 0.6 is 0 Å². The SMILES string of the molecule is Nc1ncc(-c2ccc(S(N)(=O)=O)cc2)cc1C(=O)Nc1ccncc1. The number of benzene rings is 1. The highest BCUT2D eigenvalue weighted by molar-refractivity contribution is 7.89. The first-order valence-corrected chi connectivity index (χ1v) is 8.99. The Hall–Kier alpha value is -3.30. The highest BCUT2D eigenvalue weighted by Crippen LogP contribution is 2.24. The third-order valence-electron chi connectivity index (χ3n) is 3.62.